The lowest BCUT2D eigenvalue weighted by molar-refractivity contribution is 0.120. The fourth-order valence-electron chi connectivity index (χ4n) is 3.43. The van der Waals surface area contributed by atoms with E-state index in [4.69, 9.17) is 5.73 Å². The first-order chi connectivity index (χ1) is 10.0. The van der Waals surface area contributed by atoms with Gasteiger partial charge in [-0.05, 0) is 45.8 Å². The van der Waals surface area contributed by atoms with Crippen LogP contribution in [0.2, 0.25) is 0 Å². The Morgan fingerprint density at radius 2 is 1.90 bits per heavy atom. The fourth-order valence-corrected chi connectivity index (χ4v) is 3.43. The SMILES string of the molecule is CCC1CN(C)CCCN1C(C)C(N)c1ccc(C)cc1. The first-order valence-electron chi connectivity index (χ1n) is 8.29. The maximum absolute atomic E-state index is 6.57. The van der Waals surface area contributed by atoms with Gasteiger partial charge in [0.1, 0.15) is 0 Å². The molecule has 1 fully saturated rings. The Morgan fingerprint density at radius 1 is 1.24 bits per heavy atom. The van der Waals surface area contributed by atoms with Crippen molar-refractivity contribution >= 4 is 0 Å². The zero-order valence-electron chi connectivity index (χ0n) is 14.0. The summed E-state index contributed by atoms with van der Waals surface area (Å²) >= 11 is 0. The Labute approximate surface area is 130 Å². The summed E-state index contributed by atoms with van der Waals surface area (Å²) in [6.45, 7) is 10.2. The lowest BCUT2D eigenvalue weighted by atomic mass is 9.97. The molecular weight excluding hydrogens is 258 g/mol. The Morgan fingerprint density at radius 3 is 2.52 bits per heavy atom. The molecule has 1 aromatic rings. The molecule has 0 aromatic heterocycles. The van der Waals surface area contributed by atoms with Gasteiger partial charge in [0.2, 0.25) is 0 Å². The molecule has 3 atom stereocenters. The van der Waals surface area contributed by atoms with Crippen molar-refractivity contribution in [2.75, 3.05) is 26.7 Å². The van der Waals surface area contributed by atoms with Gasteiger partial charge in [-0.3, -0.25) is 4.90 Å². The van der Waals surface area contributed by atoms with Gasteiger partial charge in [0.25, 0.3) is 0 Å². The molecule has 118 valence electrons. The van der Waals surface area contributed by atoms with Crippen molar-refractivity contribution in [3.63, 3.8) is 0 Å². The van der Waals surface area contributed by atoms with Crippen LogP contribution in [-0.4, -0.2) is 48.6 Å². The van der Waals surface area contributed by atoms with Crippen LogP contribution in [0.4, 0.5) is 0 Å². The van der Waals surface area contributed by atoms with E-state index < -0.39 is 0 Å². The first-order valence-corrected chi connectivity index (χ1v) is 8.29. The topological polar surface area (TPSA) is 32.5 Å². The Balaban J connectivity index is 2.12. The summed E-state index contributed by atoms with van der Waals surface area (Å²) in [5, 5.41) is 0. The van der Waals surface area contributed by atoms with E-state index in [1.807, 2.05) is 0 Å². The average Bonchev–Trinajstić information content (AvgIpc) is 2.67. The van der Waals surface area contributed by atoms with E-state index in [9.17, 15) is 0 Å². The van der Waals surface area contributed by atoms with Gasteiger partial charge < -0.3 is 10.6 Å². The predicted octanol–water partition coefficient (Wildman–Crippen LogP) is 2.80. The number of rotatable bonds is 4. The molecule has 2 N–H and O–H groups in total. The molecule has 0 saturated carbocycles. The summed E-state index contributed by atoms with van der Waals surface area (Å²) in [6, 6.07) is 9.77. The maximum atomic E-state index is 6.57. The minimum Gasteiger partial charge on any atom is -0.323 e. The molecule has 1 heterocycles. The van der Waals surface area contributed by atoms with Crippen LogP contribution >= 0.6 is 0 Å². The monoisotopic (exact) mass is 289 g/mol. The van der Waals surface area contributed by atoms with Gasteiger partial charge in [0.05, 0.1) is 0 Å². The number of likely N-dealkylation sites (N-methyl/N-ethyl adjacent to an activating group) is 1. The molecule has 0 amide bonds. The first kappa shape index (κ1) is 16.5. The molecule has 1 aliphatic rings. The normalized spacial score (nSPS) is 24.5. The summed E-state index contributed by atoms with van der Waals surface area (Å²) in [5.74, 6) is 0. The van der Waals surface area contributed by atoms with E-state index in [0.717, 1.165) is 13.1 Å². The zero-order chi connectivity index (χ0) is 15.4. The third kappa shape index (κ3) is 4.06. The molecule has 0 bridgehead atoms. The highest BCUT2D eigenvalue weighted by Gasteiger charge is 2.29. The molecule has 1 aliphatic heterocycles. The third-order valence-corrected chi connectivity index (χ3v) is 4.92. The lowest BCUT2D eigenvalue weighted by Crippen LogP contribution is -2.48. The number of nitrogens with zero attached hydrogens (tertiary/aromatic N) is 2. The second kappa shape index (κ2) is 7.39. The summed E-state index contributed by atoms with van der Waals surface area (Å²) in [7, 11) is 2.23. The van der Waals surface area contributed by atoms with Crippen molar-refractivity contribution in [1.29, 1.82) is 0 Å². The molecular formula is C18H31N3. The molecule has 3 heteroatoms. The van der Waals surface area contributed by atoms with Gasteiger partial charge in [0, 0.05) is 31.2 Å². The van der Waals surface area contributed by atoms with Crippen molar-refractivity contribution < 1.29 is 0 Å². The highest BCUT2D eigenvalue weighted by molar-refractivity contribution is 5.25. The van der Waals surface area contributed by atoms with Crippen LogP contribution in [0, 0.1) is 6.92 Å². The summed E-state index contributed by atoms with van der Waals surface area (Å²) in [4.78, 5) is 5.09. The van der Waals surface area contributed by atoms with E-state index in [2.05, 4.69) is 61.9 Å². The van der Waals surface area contributed by atoms with Gasteiger partial charge in [-0.15, -0.1) is 0 Å². The van der Waals surface area contributed by atoms with Gasteiger partial charge in [-0.1, -0.05) is 36.8 Å². The summed E-state index contributed by atoms with van der Waals surface area (Å²) in [6.07, 6.45) is 2.42. The molecule has 3 unspecified atom stereocenters. The van der Waals surface area contributed by atoms with E-state index >= 15 is 0 Å². The minimum atomic E-state index is 0.0862. The van der Waals surface area contributed by atoms with Crippen LogP contribution in [0.1, 0.15) is 43.9 Å². The summed E-state index contributed by atoms with van der Waals surface area (Å²) in [5.41, 5.74) is 9.11. The van der Waals surface area contributed by atoms with Crippen molar-refractivity contribution in [3.8, 4) is 0 Å². The maximum Gasteiger partial charge on any atom is 0.0450 e. The van der Waals surface area contributed by atoms with Crippen LogP contribution in [0.15, 0.2) is 24.3 Å². The number of hydrogen-bond donors (Lipinski definition) is 1. The predicted molar refractivity (Wildman–Crippen MR) is 90.5 cm³/mol. The fraction of sp³-hybridized carbons (Fsp3) is 0.667. The van der Waals surface area contributed by atoms with Crippen molar-refractivity contribution in [1.82, 2.24) is 9.80 Å². The van der Waals surface area contributed by atoms with Crippen LogP contribution in [0.5, 0.6) is 0 Å². The van der Waals surface area contributed by atoms with Crippen LogP contribution in [0.3, 0.4) is 0 Å². The van der Waals surface area contributed by atoms with Gasteiger partial charge >= 0.3 is 0 Å². The van der Waals surface area contributed by atoms with Crippen LogP contribution in [0.25, 0.3) is 0 Å². The zero-order valence-corrected chi connectivity index (χ0v) is 14.0. The van der Waals surface area contributed by atoms with E-state index in [1.54, 1.807) is 0 Å². The second-order valence-corrected chi connectivity index (χ2v) is 6.59. The van der Waals surface area contributed by atoms with Gasteiger partial charge in [-0.25, -0.2) is 0 Å². The molecule has 1 aromatic carbocycles. The standard InChI is InChI=1S/C18H31N3/c1-5-17-13-20(4)11-6-12-21(17)15(3)18(19)16-9-7-14(2)8-10-16/h7-10,15,17-18H,5-6,11-13,19H2,1-4H3. The van der Waals surface area contributed by atoms with E-state index in [-0.39, 0.29) is 6.04 Å². The Kier molecular flexibility index (Phi) is 5.80. The van der Waals surface area contributed by atoms with Crippen LogP contribution in [-0.2, 0) is 0 Å². The number of aryl methyl sites for hydroxylation is 1. The largest absolute Gasteiger partial charge is 0.323 e. The Hall–Kier alpha value is -0.900. The quantitative estimate of drug-likeness (QED) is 0.925. The van der Waals surface area contributed by atoms with Gasteiger partial charge in [0.15, 0.2) is 0 Å². The van der Waals surface area contributed by atoms with Crippen molar-refractivity contribution in [2.24, 2.45) is 5.73 Å². The Bertz CT molecular complexity index is 429. The molecule has 1 saturated heterocycles. The molecule has 21 heavy (non-hydrogen) atoms. The minimum absolute atomic E-state index is 0.0862. The third-order valence-electron chi connectivity index (χ3n) is 4.92. The van der Waals surface area contributed by atoms with Crippen molar-refractivity contribution in [3.05, 3.63) is 35.4 Å². The molecule has 0 aliphatic carbocycles. The lowest BCUT2D eigenvalue weighted by Gasteiger charge is -2.38. The highest BCUT2D eigenvalue weighted by Crippen LogP contribution is 2.24. The number of nitrogens with two attached hydrogens (primary N) is 1. The summed E-state index contributed by atoms with van der Waals surface area (Å²) < 4.78 is 0. The number of hydrogen-bond acceptors (Lipinski definition) is 3. The molecule has 2 rings (SSSR count). The molecule has 0 spiro atoms. The molecule has 0 radical (unpaired) electrons. The highest BCUT2D eigenvalue weighted by atomic mass is 15.3. The van der Waals surface area contributed by atoms with E-state index in [1.165, 1.54) is 30.5 Å². The number of benzene rings is 1. The smallest absolute Gasteiger partial charge is 0.0450 e. The molecule has 3 nitrogen and oxygen atoms in total. The second-order valence-electron chi connectivity index (χ2n) is 6.59. The van der Waals surface area contributed by atoms with Gasteiger partial charge in [-0.2, -0.15) is 0 Å². The van der Waals surface area contributed by atoms with Crippen LogP contribution < -0.4 is 5.73 Å². The average molecular weight is 289 g/mol. The van der Waals surface area contributed by atoms with Crippen molar-refractivity contribution in [2.45, 2.75) is 51.7 Å². The van der Waals surface area contributed by atoms with E-state index in [0.29, 0.717) is 12.1 Å².